The fourth-order valence-corrected chi connectivity index (χ4v) is 7.44. The molecule has 0 aromatic heterocycles. The average Bonchev–Trinajstić information content (AvgIpc) is 2.77. The molecule has 9 heteroatoms. The van der Waals surface area contributed by atoms with E-state index in [0.717, 1.165) is 15.4 Å². The summed E-state index contributed by atoms with van der Waals surface area (Å²) in [7, 11) is -8.50. The smallest absolute Gasteiger partial charge is 0.370 e. The molecule has 3 aromatic carbocycles. The third kappa shape index (κ3) is 3.26. The molecule has 0 unspecified atom stereocenters. The zero-order chi connectivity index (χ0) is 23.5. The first-order valence-electron chi connectivity index (χ1n) is 10.3. The quantitative estimate of drug-likeness (QED) is 0.518. The predicted octanol–water partition coefficient (Wildman–Crippen LogP) is 4.38. The highest BCUT2D eigenvalue weighted by Gasteiger charge is 2.53. The SMILES string of the molecule is C=C[C@@H]1c2ccccc2N(S(=O)(=O)c2ccc(C)cc2)[C@H]2c3ccc(C)cc3OS(=O)(=O)N12. The van der Waals surface area contributed by atoms with E-state index in [4.69, 9.17) is 4.18 Å². The van der Waals surface area contributed by atoms with Crippen LogP contribution in [0.1, 0.15) is 34.5 Å². The molecule has 2 atom stereocenters. The second-order valence-corrected chi connectivity index (χ2v) is 11.4. The van der Waals surface area contributed by atoms with Gasteiger partial charge in [-0.05, 0) is 49.2 Å². The van der Waals surface area contributed by atoms with Gasteiger partial charge in [-0.15, -0.1) is 10.9 Å². The highest BCUT2D eigenvalue weighted by molar-refractivity contribution is 7.93. The molecule has 0 spiro atoms. The number of aryl methyl sites for hydroxylation is 2. The van der Waals surface area contributed by atoms with Crippen LogP contribution in [0.2, 0.25) is 0 Å². The van der Waals surface area contributed by atoms with Crippen molar-refractivity contribution in [2.45, 2.75) is 31.0 Å². The molecule has 0 radical (unpaired) electrons. The number of hydrogen-bond acceptors (Lipinski definition) is 5. The van der Waals surface area contributed by atoms with Gasteiger partial charge in [-0.3, -0.25) is 0 Å². The molecule has 0 N–H and O–H groups in total. The van der Waals surface area contributed by atoms with Crippen molar-refractivity contribution < 1.29 is 21.0 Å². The predicted molar refractivity (Wildman–Crippen MR) is 126 cm³/mol. The van der Waals surface area contributed by atoms with E-state index in [1.807, 2.05) is 13.8 Å². The van der Waals surface area contributed by atoms with E-state index >= 15 is 0 Å². The summed E-state index contributed by atoms with van der Waals surface area (Å²) in [6.45, 7) is 7.51. The molecule has 2 aliphatic heterocycles. The Hall–Kier alpha value is -3.14. The minimum absolute atomic E-state index is 0.0671. The summed E-state index contributed by atoms with van der Waals surface area (Å²) in [4.78, 5) is 0.0671. The van der Waals surface area contributed by atoms with E-state index in [-0.39, 0.29) is 10.6 Å². The number of benzene rings is 3. The molecular weight excluding hydrogens is 460 g/mol. The highest BCUT2D eigenvalue weighted by Crippen LogP contribution is 2.53. The third-order valence-corrected chi connectivity index (χ3v) is 9.05. The van der Waals surface area contributed by atoms with Crippen LogP contribution in [0.15, 0.2) is 84.3 Å². The van der Waals surface area contributed by atoms with Crippen LogP contribution in [0.3, 0.4) is 0 Å². The topological polar surface area (TPSA) is 84.0 Å². The van der Waals surface area contributed by atoms with Gasteiger partial charge < -0.3 is 4.18 Å². The summed E-state index contributed by atoms with van der Waals surface area (Å²) in [6.07, 6.45) is 0.311. The van der Waals surface area contributed by atoms with Crippen LogP contribution in [0.5, 0.6) is 5.75 Å². The van der Waals surface area contributed by atoms with E-state index in [9.17, 15) is 16.8 Å². The Morgan fingerprint density at radius 3 is 2.30 bits per heavy atom. The van der Waals surface area contributed by atoms with Gasteiger partial charge >= 0.3 is 10.3 Å². The second-order valence-electron chi connectivity index (χ2n) is 8.14. The third-order valence-electron chi connectivity index (χ3n) is 5.93. The fourth-order valence-electron chi connectivity index (χ4n) is 4.39. The Balaban J connectivity index is 1.86. The van der Waals surface area contributed by atoms with Crippen LogP contribution < -0.4 is 8.49 Å². The van der Waals surface area contributed by atoms with E-state index in [1.54, 1.807) is 54.6 Å². The van der Waals surface area contributed by atoms with Gasteiger partial charge in [0.15, 0.2) is 5.75 Å². The Morgan fingerprint density at radius 1 is 0.939 bits per heavy atom. The number of rotatable bonds is 3. The van der Waals surface area contributed by atoms with Gasteiger partial charge in [0.25, 0.3) is 10.0 Å². The molecule has 170 valence electrons. The first-order valence-corrected chi connectivity index (χ1v) is 13.1. The molecule has 7 nitrogen and oxygen atoms in total. The number of para-hydroxylation sites is 1. The van der Waals surface area contributed by atoms with E-state index < -0.39 is 32.5 Å². The van der Waals surface area contributed by atoms with Crippen LogP contribution >= 0.6 is 0 Å². The summed E-state index contributed by atoms with van der Waals surface area (Å²) in [5.41, 5.74) is 3.04. The van der Waals surface area contributed by atoms with Gasteiger partial charge in [-0.1, -0.05) is 54.1 Å². The van der Waals surface area contributed by atoms with Crippen molar-refractivity contribution >= 4 is 26.0 Å². The Kier molecular flexibility index (Phi) is 4.89. The van der Waals surface area contributed by atoms with Gasteiger partial charge in [-0.2, -0.15) is 8.42 Å². The average molecular weight is 483 g/mol. The lowest BCUT2D eigenvalue weighted by molar-refractivity contribution is 0.232. The monoisotopic (exact) mass is 482 g/mol. The van der Waals surface area contributed by atoms with Crippen molar-refractivity contribution in [1.82, 2.24) is 4.31 Å². The van der Waals surface area contributed by atoms with Crippen molar-refractivity contribution in [3.05, 3.63) is 102 Å². The maximum absolute atomic E-state index is 14.0. The van der Waals surface area contributed by atoms with Crippen molar-refractivity contribution in [2.75, 3.05) is 4.31 Å². The molecular formula is C24H22N2O5S2. The Bertz CT molecular complexity index is 1480. The molecule has 5 rings (SSSR count). The molecule has 2 aliphatic rings. The normalized spacial score (nSPS) is 21.3. The molecule has 33 heavy (non-hydrogen) atoms. The van der Waals surface area contributed by atoms with Crippen molar-refractivity contribution in [3.8, 4) is 5.75 Å². The maximum atomic E-state index is 14.0. The van der Waals surface area contributed by atoms with Crippen LogP contribution in [-0.2, 0) is 20.3 Å². The van der Waals surface area contributed by atoms with Gasteiger partial charge in [-0.25, -0.2) is 12.7 Å². The summed E-state index contributed by atoms with van der Waals surface area (Å²) in [5.74, 6) is 0.113. The van der Waals surface area contributed by atoms with E-state index in [2.05, 4.69) is 6.58 Å². The van der Waals surface area contributed by atoms with Crippen LogP contribution in [0.4, 0.5) is 5.69 Å². The zero-order valence-electron chi connectivity index (χ0n) is 18.0. The summed E-state index contributed by atoms with van der Waals surface area (Å²) in [6, 6.07) is 17.6. The number of sulfonamides is 1. The lowest BCUT2D eigenvalue weighted by atomic mass is 9.98. The molecule has 0 fully saturated rings. The molecule has 0 saturated carbocycles. The van der Waals surface area contributed by atoms with Crippen molar-refractivity contribution in [2.24, 2.45) is 0 Å². The number of hydrogen-bond donors (Lipinski definition) is 0. The van der Waals surface area contributed by atoms with Crippen molar-refractivity contribution in [1.29, 1.82) is 0 Å². The first kappa shape index (κ1) is 21.7. The van der Waals surface area contributed by atoms with Crippen LogP contribution in [0.25, 0.3) is 0 Å². The maximum Gasteiger partial charge on any atom is 0.388 e. The number of anilines is 1. The molecule has 3 aromatic rings. The number of fused-ring (bicyclic) bond motifs is 4. The van der Waals surface area contributed by atoms with Gasteiger partial charge in [0.05, 0.1) is 16.6 Å². The van der Waals surface area contributed by atoms with Gasteiger partial charge in [0, 0.05) is 5.56 Å². The lowest BCUT2D eigenvalue weighted by Crippen LogP contribution is -2.54. The standard InChI is InChI=1S/C24H22N2O5S2/c1-4-21-19-7-5-6-8-22(19)25(32(27,28)18-12-9-16(2)10-13-18)24-20-14-11-17(3)15-23(20)31-33(29,30)26(21)24/h4-15,21,24H,1H2,2-3H3/t21-,24-/m1/s1. The highest BCUT2D eigenvalue weighted by atomic mass is 32.2. The Labute approximate surface area is 193 Å². The number of nitrogens with zero attached hydrogens (tertiary/aromatic N) is 2. The minimum Gasteiger partial charge on any atom is -0.370 e. The molecule has 0 saturated heterocycles. The largest absolute Gasteiger partial charge is 0.388 e. The van der Waals surface area contributed by atoms with Gasteiger partial charge in [0.2, 0.25) is 0 Å². The summed E-state index contributed by atoms with van der Waals surface area (Å²) >= 11 is 0. The molecule has 2 heterocycles. The lowest BCUT2D eigenvalue weighted by Gasteiger charge is -2.48. The molecule has 0 amide bonds. The Morgan fingerprint density at radius 2 is 1.61 bits per heavy atom. The van der Waals surface area contributed by atoms with Crippen LogP contribution in [-0.4, -0.2) is 21.1 Å². The van der Waals surface area contributed by atoms with E-state index in [1.165, 1.54) is 22.5 Å². The van der Waals surface area contributed by atoms with Gasteiger partial charge in [0.1, 0.15) is 6.17 Å². The van der Waals surface area contributed by atoms with Crippen molar-refractivity contribution in [3.63, 3.8) is 0 Å². The fraction of sp³-hybridized carbons (Fsp3) is 0.167. The molecule has 0 bridgehead atoms. The zero-order valence-corrected chi connectivity index (χ0v) is 19.7. The first-order chi connectivity index (χ1) is 15.6. The molecule has 0 aliphatic carbocycles. The van der Waals surface area contributed by atoms with E-state index in [0.29, 0.717) is 16.8 Å². The summed E-state index contributed by atoms with van der Waals surface area (Å²) in [5, 5.41) is 0. The second kappa shape index (κ2) is 7.44. The minimum atomic E-state index is -4.34. The summed E-state index contributed by atoms with van der Waals surface area (Å²) < 4.78 is 62.5. The van der Waals surface area contributed by atoms with Crippen LogP contribution in [0, 0.1) is 13.8 Å².